The van der Waals surface area contributed by atoms with Gasteiger partial charge in [-0.05, 0) is 57.9 Å². The Morgan fingerprint density at radius 2 is 1.93 bits per heavy atom. The molecule has 3 aliphatic rings. The number of likely N-dealkylation sites (tertiary alicyclic amines) is 2. The number of hydrogen-bond acceptors (Lipinski definition) is 5. The quantitative estimate of drug-likeness (QED) is 0.768. The molecule has 2 aliphatic heterocycles. The summed E-state index contributed by atoms with van der Waals surface area (Å²) in [5.74, 6) is 0.760. The second kappa shape index (κ2) is 8.13. The number of aryl methyl sites for hydroxylation is 2. The van der Waals surface area contributed by atoms with E-state index in [1.54, 1.807) is 11.8 Å². The van der Waals surface area contributed by atoms with E-state index in [9.17, 15) is 19.5 Å². The van der Waals surface area contributed by atoms with Gasteiger partial charge in [0.2, 0.25) is 11.8 Å². The van der Waals surface area contributed by atoms with E-state index >= 15 is 0 Å². The van der Waals surface area contributed by atoms with Crippen LogP contribution in [0.1, 0.15) is 49.9 Å². The molecule has 0 bridgehead atoms. The van der Waals surface area contributed by atoms with Crippen LogP contribution in [-0.2, 0) is 16.1 Å². The highest BCUT2D eigenvalue weighted by Crippen LogP contribution is 2.42. The number of β-amino-alcohol motifs (C(OH)–C–C–N with tert-alkyl or cyclic N) is 1. The third-order valence-corrected chi connectivity index (χ3v) is 6.94. The SMILES string of the molecule is Cc1cc(C)n(CCC(=O)N2CCC3(CC2)CC(O)CN(CC2CC2)C3=O)c(=O)n1. The predicted octanol–water partition coefficient (Wildman–Crippen LogP) is 0.862. The van der Waals surface area contributed by atoms with E-state index in [1.165, 1.54) is 17.4 Å². The number of piperidine rings is 2. The van der Waals surface area contributed by atoms with Crippen molar-refractivity contribution in [3.63, 3.8) is 0 Å². The molecule has 3 fully saturated rings. The lowest BCUT2D eigenvalue weighted by atomic mass is 9.70. The van der Waals surface area contributed by atoms with Gasteiger partial charge < -0.3 is 14.9 Å². The summed E-state index contributed by atoms with van der Waals surface area (Å²) >= 11 is 0. The molecule has 4 rings (SSSR count). The van der Waals surface area contributed by atoms with Crippen LogP contribution < -0.4 is 5.69 Å². The molecule has 8 nitrogen and oxygen atoms in total. The van der Waals surface area contributed by atoms with Crippen LogP contribution in [0.3, 0.4) is 0 Å². The van der Waals surface area contributed by atoms with Gasteiger partial charge in [-0.25, -0.2) is 4.79 Å². The van der Waals surface area contributed by atoms with E-state index in [4.69, 9.17) is 0 Å². The normalized spacial score (nSPS) is 23.8. The molecule has 1 aromatic heterocycles. The van der Waals surface area contributed by atoms with Gasteiger partial charge in [-0.3, -0.25) is 14.2 Å². The molecule has 164 valence electrons. The van der Waals surface area contributed by atoms with Gasteiger partial charge >= 0.3 is 5.69 Å². The third-order valence-electron chi connectivity index (χ3n) is 6.94. The highest BCUT2D eigenvalue weighted by molar-refractivity contribution is 5.84. The molecular formula is C22H32N4O4. The summed E-state index contributed by atoms with van der Waals surface area (Å²) in [6.45, 7) is 6.19. The fraction of sp³-hybridized carbons (Fsp3) is 0.727. The first-order valence-electron chi connectivity index (χ1n) is 11.1. The summed E-state index contributed by atoms with van der Waals surface area (Å²) < 4.78 is 1.53. The number of nitrogens with zero attached hydrogens (tertiary/aromatic N) is 4. The smallest absolute Gasteiger partial charge is 0.347 e. The first-order chi connectivity index (χ1) is 14.3. The monoisotopic (exact) mass is 416 g/mol. The molecule has 0 aromatic carbocycles. The van der Waals surface area contributed by atoms with Crippen LogP contribution in [0, 0.1) is 25.2 Å². The Balaban J connectivity index is 1.35. The van der Waals surface area contributed by atoms with E-state index in [1.807, 2.05) is 17.9 Å². The minimum absolute atomic E-state index is 0.00429. The highest BCUT2D eigenvalue weighted by Gasteiger charge is 2.49. The summed E-state index contributed by atoms with van der Waals surface area (Å²) in [6.07, 6.45) is 3.80. The zero-order chi connectivity index (χ0) is 21.5. The molecule has 2 amide bonds. The summed E-state index contributed by atoms with van der Waals surface area (Å²) in [7, 11) is 0. The van der Waals surface area contributed by atoms with Gasteiger partial charge in [0.25, 0.3) is 0 Å². The van der Waals surface area contributed by atoms with Gasteiger partial charge in [0.05, 0.1) is 11.5 Å². The van der Waals surface area contributed by atoms with Gasteiger partial charge in [-0.15, -0.1) is 0 Å². The lowest BCUT2D eigenvalue weighted by molar-refractivity contribution is -0.159. The number of aliphatic hydroxyl groups is 1. The van der Waals surface area contributed by atoms with Crippen LogP contribution in [-0.4, -0.2) is 68.6 Å². The van der Waals surface area contributed by atoms with E-state index in [2.05, 4.69) is 4.98 Å². The Morgan fingerprint density at radius 1 is 1.23 bits per heavy atom. The number of aliphatic hydroxyl groups excluding tert-OH is 1. The summed E-state index contributed by atoms with van der Waals surface area (Å²) in [4.78, 5) is 45.6. The first-order valence-corrected chi connectivity index (χ1v) is 11.1. The minimum Gasteiger partial charge on any atom is -0.391 e. The highest BCUT2D eigenvalue weighted by atomic mass is 16.3. The maximum Gasteiger partial charge on any atom is 0.347 e. The molecule has 30 heavy (non-hydrogen) atoms. The van der Waals surface area contributed by atoms with Gasteiger partial charge in [-0.2, -0.15) is 4.98 Å². The van der Waals surface area contributed by atoms with Crippen molar-refractivity contribution in [1.82, 2.24) is 19.4 Å². The maximum atomic E-state index is 13.2. The Hall–Kier alpha value is -2.22. The molecule has 8 heteroatoms. The molecule has 1 spiro atoms. The largest absolute Gasteiger partial charge is 0.391 e. The van der Waals surface area contributed by atoms with E-state index in [0.717, 1.165) is 12.2 Å². The number of carbonyl (C=O) groups is 2. The fourth-order valence-electron chi connectivity index (χ4n) is 5.06. The fourth-order valence-corrected chi connectivity index (χ4v) is 5.06. The number of amides is 2. The van der Waals surface area contributed by atoms with Gasteiger partial charge in [0.1, 0.15) is 0 Å². The summed E-state index contributed by atoms with van der Waals surface area (Å²) in [6, 6.07) is 1.84. The van der Waals surface area contributed by atoms with E-state index in [0.29, 0.717) is 57.1 Å². The Bertz CT molecular complexity index is 882. The number of carbonyl (C=O) groups excluding carboxylic acids is 2. The summed E-state index contributed by atoms with van der Waals surface area (Å²) in [5.41, 5.74) is 0.625. The molecule has 1 saturated carbocycles. The topological polar surface area (TPSA) is 95.7 Å². The van der Waals surface area contributed by atoms with Crippen LogP contribution in [0.4, 0.5) is 0 Å². The maximum absolute atomic E-state index is 13.2. The van der Waals surface area contributed by atoms with Crippen LogP contribution in [0.2, 0.25) is 0 Å². The Labute approximate surface area is 176 Å². The number of aromatic nitrogens is 2. The molecule has 1 atom stereocenters. The van der Waals surface area contributed by atoms with Gasteiger partial charge in [0.15, 0.2) is 0 Å². The van der Waals surface area contributed by atoms with Crippen LogP contribution in [0.5, 0.6) is 0 Å². The molecule has 1 aromatic rings. The lowest BCUT2D eigenvalue weighted by Crippen LogP contribution is -2.58. The average molecular weight is 417 g/mol. The second-order valence-corrected chi connectivity index (χ2v) is 9.40. The van der Waals surface area contributed by atoms with Crippen molar-refractivity contribution in [3.05, 3.63) is 27.9 Å². The van der Waals surface area contributed by atoms with Crippen molar-refractivity contribution in [2.75, 3.05) is 26.2 Å². The van der Waals surface area contributed by atoms with Crippen molar-refractivity contribution < 1.29 is 14.7 Å². The van der Waals surface area contributed by atoms with Crippen molar-refractivity contribution in [2.24, 2.45) is 11.3 Å². The van der Waals surface area contributed by atoms with Crippen molar-refractivity contribution in [3.8, 4) is 0 Å². The molecule has 1 N–H and O–H groups in total. The van der Waals surface area contributed by atoms with Crippen LogP contribution >= 0.6 is 0 Å². The molecule has 2 saturated heterocycles. The third kappa shape index (κ3) is 4.29. The van der Waals surface area contributed by atoms with Crippen molar-refractivity contribution in [1.29, 1.82) is 0 Å². The van der Waals surface area contributed by atoms with Crippen LogP contribution in [0.25, 0.3) is 0 Å². The van der Waals surface area contributed by atoms with Gasteiger partial charge in [0, 0.05) is 50.5 Å². The number of hydrogen-bond donors (Lipinski definition) is 1. The predicted molar refractivity (Wildman–Crippen MR) is 111 cm³/mol. The molecule has 3 heterocycles. The zero-order valence-electron chi connectivity index (χ0n) is 18.0. The van der Waals surface area contributed by atoms with Crippen molar-refractivity contribution >= 4 is 11.8 Å². The Kier molecular flexibility index (Phi) is 5.70. The lowest BCUT2D eigenvalue weighted by Gasteiger charge is -2.48. The standard InChI is InChI=1S/C22H32N4O4/c1-15-11-16(2)26(21(30)23-15)8-5-19(28)24-9-6-22(7-10-24)12-18(27)14-25(20(22)29)13-17-3-4-17/h11,17-18,27H,3-10,12-14H2,1-2H3. The Morgan fingerprint density at radius 3 is 2.57 bits per heavy atom. The van der Waals surface area contributed by atoms with Gasteiger partial charge in [-0.1, -0.05) is 0 Å². The number of rotatable bonds is 5. The summed E-state index contributed by atoms with van der Waals surface area (Å²) in [5, 5.41) is 10.4. The first kappa shape index (κ1) is 21.0. The second-order valence-electron chi connectivity index (χ2n) is 9.40. The average Bonchev–Trinajstić information content (AvgIpc) is 3.49. The van der Waals surface area contributed by atoms with E-state index in [-0.39, 0.29) is 23.9 Å². The molecule has 1 aliphatic carbocycles. The van der Waals surface area contributed by atoms with E-state index < -0.39 is 11.5 Å². The molecular weight excluding hydrogens is 384 g/mol. The molecule has 0 radical (unpaired) electrons. The minimum atomic E-state index is -0.530. The molecule has 1 unspecified atom stereocenters. The van der Waals surface area contributed by atoms with Crippen molar-refractivity contribution in [2.45, 2.75) is 65.0 Å². The van der Waals surface area contributed by atoms with Crippen LogP contribution in [0.15, 0.2) is 10.9 Å². The zero-order valence-corrected chi connectivity index (χ0v) is 18.0.